The SMILES string of the molecule is CS(=O)(=O)N1CCC(F)(F)C[C@@H]1C(=O)NC1=CC=C(c2ccccc2)C(Cl)(OC(F)(F)F)C1. The summed E-state index contributed by atoms with van der Waals surface area (Å²) in [6, 6.07) is 6.14. The van der Waals surface area contributed by atoms with Crippen LogP contribution in [0.25, 0.3) is 5.57 Å². The Balaban J connectivity index is 1.90. The lowest BCUT2D eigenvalue weighted by atomic mass is 9.92. The van der Waals surface area contributed by atoms with Crippen LogP contribution in [-0.4, -0.2) is 54.8 Å². The van der Waals surface area contributed by atoms with Gasteiger partial charge in [0.1, 0.15) is 6.04 Å². The summed E-state index contributed by atoms with van der Waals surface area (Å²) in [5.74, 6) is -4.38. The number of sulfonamides is 1. The molecule has 0 aromatic heterocycles. The molecule has 1 fully saturated rings. The molecule has 33 heavy (non-hydrogen) atoms. The molecule has 6 nitrogen and oxygen atoms in total. The molecule has 13 heteroatoms. The van der Waals surface area contributed by atoms with Gasteiger partial charge in [-0.1, -0.05) is 48.0 Å². The fourth-order valence-corrected chi connectivity index (χ4v) is 5.23. The second-order valence-electron chi connectivity index (χ2n) is 7.78. The van der Waals surface area contributed by atoms with Gasteiger partial charge in [0.05, 0.1) is 6.26 Å². The highest BCUT2D eigenvalue weighted by atomic mass is 35.5. The number of nitrogens with zero attached hydrogens (tertiary/aromatic N) is 1. The maximum Gasteiger partial charge on any atom is 0.524 e. The predicted molar refractivity (Wildman–Crippen MR) is 111 cm³/mol. The van der Waals surface area contributed by atoms with Crippen LogP contribution in [-0.2, 0) is 19.6 Å². The van der Waals surface area contributed by atoms with Gasteiger partial charge in [0, 0.05) is 37.1 Å². The Bertz CT molecular complexity index is 1080. The Morgan fingerprint density at radius 1 is 1.21 bits per heavy atom. The van der Waals surface area contributed by atoms with Gasteiger partial charge in [0.2, 0.25) is 15.9 Å². The molecule has 2 atom stereocenters. The molecule has 1 N–H and O–H groups in total. The van der Waals surface area contributed by atoms with Gasteiger partial charge in [-0.15, -0.1) is 13.2 Å². The zero-order valence-electron chi connectivity index (χ0n) is 17.2. The molecule has 1 aliphatic heterocycles. The van der Waals surface area contributed by atoms with Gasteiger partial charge in [0.25, 0.3) is 5.92 Å². The quantitative estimate of drug-likeness (QED) is 0.476. The zero-order chi connectivity index (χ0) is 24.7. The summed E-state index contributed by atoms with van der Waals surface area (Å²) in [6.07, 6.45) is -4.33. The van der Waals surface area contributed by atoms with Crippen molar-refractivity contribution >= 4 is 33.1 Å². The van der Waals surface area contributed by atoms with Crippen molar-refractivity contribution < 1.29 is 39.9 Å². The summed E-state index contributed by atoms with van der Waals surface area (Å²) in [5.41, 5.74) is 0.164. The van der Waals surface area contributed by atoms with E-state index in [1.54, 1.807) is 18.2 Å². The number of carbonyl (C=O) groups excluding carboxylic acids is 1. The van der Waals surface area contributed by atoms with Crippen molar-refractivity contribution in [2.24, 2.45) is 0 Å². The molecule has 1 unspecified atom stereocenters. The summed E-state index contributed by atoms with van der Waals surface area (Å²) >= 11 is 6.24. The van der Waals surface area contributed by atoms with E-state index in [0.717, 1.165) is 6.26 Å². The third kappa shape index (κ3) is 6.31. The first-order valence-electron chi connectivity index (χ1n) is 9.68. The standard InChI is InChI=1S/C20H20ClF5N2O4S/c1-33(30,31)28-10-9-18(22,23)12-16(28)17(29)27-14-7-8-15(13-5-3-2-4-6-13)19(21,11-14)32-20(24,25)26/h2-8,16H,9-12H2,1H3,(H,27,29)/t16-,19?/m1/s1. The lowest BCUT2D eigenvalue weighted by molar-refractivity contribution is -0.342. The first-order chi connectivity index (χ1) is 15.1. The van der Waals surface area contributed by atoms with Crippen LogP contribution in [0.5, 0.6) is 0 Å². The smallest absolute Gasteiger partial charge is 0.328 e. The fraction of sp³-hybridized carbons (Fsp3) is 0.450. The molecule has 1 saturated heterocycles. The molecule has 0 bridgehead atoms. The average Bonchev–Trinajstić information content (AvgIpc) is 2.65. The average molecular weight is 515 g/mol. The molecule has 1 aromatic carbocycles. The van der Waals surface area contributed by atoms with Crippen LogP contribution >= 0.6 is 11.6 Å². The number of nitrogens with one attached hydrogen (secondary N) is 1. The summed E-state index contributed by atoms with van der Waals surface area (Å²) < 4.78 is 96.0. The minimum Gasteiger partial charge on any atom is -0.328 e. The van der Waals surface area contributed by atoms with Gasteiger partial charge in [0.15, 0.2) is 5.06 Å². The highest BCUT2D eigenvalue weighted by Gasteiger charge is 2.49. The second kappa shape index (κ2) is 8.97. The summed E-state index contributed by atoms with van der Waals surface area (Å²) in [7, 11) is -3.99. The van der Waals surface area contributed by atoms with Gasteiger partial charge in [-0.25, -0.2) is 17.2 Å². The normalized spacial score (nSPS) is 26.3. The Morgan fingerprint density at radius 3 is 2.42 bits per heavy atom. The number of rotatable bonds is 5. The van der Waals surface area contributed by atoms with Crippen LogP contribution in [0.4, 0.5) is 22.0 Å². The van der Waals surface area contributed by atoms with Gasteiger partial charge >= 0.3 is 6.36 Å². The molecule has 0 saturated carbocycles. The Kier molecular flexibility index (Phi) is 6.96. The number of alkyl halides is 6. The van der Waals surface area contributed by atoms with Gasteiger partial charge < -0.3 is 5.32 Å². The maximum absolute atomic E-state index is 13.9. The molecular weight excluding hydrogens is 495 g/mol. The highest BCUT2D eigenvalue weighted by Crippen LogP contribution is 2.45. The fourth-order valence-electron chi connectivity index (χ4n) is 3.78. The molecule has 1 aliphatic carbocycles. The molecule has 182 valence electrons. The van der Waals surface area contributed by atoms with E-state index in [9.17, 15) is 35.2 Å². The first-order valence-corrected chi connectivity index (χ1v) is 11.9. The van der Waals surface area contributed by atoms with E-state index in [0.29, 0.717) is 9.87 Å². The van der Waals surface area contributed by atoms with Gasteiger partial charge in [-0.3, -0.25) is 9.53 Å². The van der Waals surface area contributed by atoms with Crippen molar-refractivity contribution in [2.45, 2.75) is 42.6 Å². The number of hydrogen-bond donors (Lipinski definition) is 1. The Hall–Kier alpha value is -2.02. The highest BCUT2D eigenvalue weighted by molar-refractivity contribution is 7.88. The minimum atomic E-state index is -5.12. The number of piperidine rings is 1. The van der Waals surface area contributed by atoms with E-state index in [1.165, 1.54) is 24.3 Å². The van der Waals surface area contributed by atoms with Crippen molar-refractivity contribution in [2.75, 3.05) is 12.8 Å². The molecular formula is C20H20ClF5N2O4S. The topological polar surface area (TPSA) is 75.7 Å². The van der Waals surface area contributed by atoms with E-state index < -0.39 is 65.1 Å². The third-order valence-corrected chi connectivity index (χ3v) is 6.89. The van der Waals surface area contributed by atoms with Crippen LogP contribution in [0.1, 0.15) is 24.8 Å². The maximum atomic E-state index is 13.9. The van der Waals surface area contributed by atoms with Crippen LogP contribution in [0.2, 0.25) is 0 Å². The summed E-state index contributed by atoms with van der Waals surface area (Å²) in [6.45, 7) is -0.572. The Morgan fingerprint density at radius 2 is 1.85 bits per heavy atom. The lowest BCUT2D eigenvalue weighted by Crippen LogP contribution is -2.56. The molecule has 0 spiro atoms. The van der Waals surface area contributed by atoms with Crippen molar-refractivity contribution in [3.63, 3.8) is 0 Å². The molecule has 1 amide bonds. The number of halogens is 6. The number of ether oxygens (including phenoxy) is 1. The monoisotopic (exact) mass is 514 g/mol. The number of amides is 1. The van der Waals surface area contributed by atoms with Gasteiger partial charge in [-0.2, -0.15) is 4.31 Å². The van der Waals surface area contributed by atoms with Crippen LogP contribution in [0.3, 0.4) is 0 Å². The molecule has 3 rings (SSSR count). The first kappa shape index (κ1) is 25.6. The lowest BCUT2D eigenvalue weighted by Gasteiger charge is -2.38. The summed E-state index contributed by atoms with van der Waals surface area (Å²) in [4.78, 5) is 12.7. The third-order valence-electron chi connectivity index (χ3n) is 5.18. The number of allylic oxidation sites excluding steroid dienone is 2. The largest absolute Gasteiger partial charge is 0.524 e. The van der Waals surface area contributed by atoms with E-state index in [2.05, 4.69) is 10.1 Å². The zero-order valence-corrected chi connectivity index (χ0v) is 18.8. The molecule has 1 aromatic rings. The number of benzene rings is 1. The van der Waals surface area contributed by atoms with Crippen molar-refractivity contribution in [3.05, 3.63) is 53.7 Å². The van der Waals surface area contributed by atoms with Crippen molar-refractivity contribution in [1.82, 2.24) is 9.62 Å². The van der Waals surface area contributed by atoms with Crippen molar-refractivity contribution in [3.8, 4) is 0 Å². The number of hydrogen-bond acceptors (Lipinski definition) is 4. The van der Waals surface area contributed by atoms with Crippen LogP contribution in [0.15, 0.2) is 48.2 Å². The molecule has 0 radical (unpaired) electrons. The Labute approximate surface area is 192 Å². The van der Waals surface area contributed by atoms with Crippen LogP contribution in [0, 0.1) is 0 Å². The van der Waals surface area contributed by atoms with E-state index in [-0.39, 0.29) is 11.3 Å². The predicted octanol–water partition coefficient (Wildman–Crippen LogP) is 4.00. The molecule has 1 heterocycles. The van der Waals surface area contributed by atoms with Gasteiger partial charge in [-0.05, 0) is 11.6 Å². The minimum absolute atomic E-state index is 0.0259. The number of carbonyl (C=O) groups is 1. The second-order valence-corrected chi connectivity index (χ2v) is 10.3. The van der Waals surface area contributed by atoms with Crippen molar-refractivity contribution in [1.29, 1.82) is 0 Å². The van der Waals surface area contributed by atoms with Crippen LogP contribution < -0.4 is 5.32 Å². The summed E-state index contributed by atoms with van der Waals surface area (Å²) in [5, 5.41) is -0.207. The molecule has 2 aliphatic rings. The van der Waals surface area contributed by atoms with E-state index >= 15 is 0 Å². The van der Waals surface area contributed by atoms with E-state index in [1.807, 2.05) is 0 Å². The van der Waals surface area contributed by atoms with E-state index in [4.69, 9.17) is 11.6 Å².